The summed E-state index contributed by atoms with van der Waals surface area (Å²) in [6, 6.07) is 5.84. The zero-order valence-electron chi connectivity index (χ0n) is 12.7. The molecule has 1 aromatic heterocycles. The van der Waals surface area contributed by atoms with Crippen molar-refractivity contribution in [2.24, 2.45) is 0 Å². The lowest BCUT2D eigenvalue weighted by Gasteiger charge is -2.18. The van der Waals surface area contributed by atoms with Gasteiger partial charge < -0.3 is 15.2 Å². The van der Waals surface area contributed by atoms with Crippen molar-refractivity contribution in [3.05, 3.63) is 24.4 Å². The van der Waals surface area contributed by atoms with Gasteiger partial charge in [0.15, 0.2) is 11.5 Å². The highest BCUT2D eigenvalue weighted by Crippen LogP contribution is 2.35. The van der Waals surface area contributed by atoms with E-state index in [-0.39, 0.29) is 5.54 Å². The summed E-state index contributed by atoms with van der Waals surface area (Å²) < 4.78 is 13.3. The normalized spacial score (nSPS) is 14.8. The molecule has 21 heavy (non-hydrogen) atoms. The molecule has 0 atom stereocenters. The van der Waals surface area contributed by atoms with Crippen molar-refractivity contribution in [3.63, 3.8) is 0 Å². The van der Waals surface area contributed by atoms with Gasteiger partial charge in [0.25, 0.3) is 0 Å². The molecule has 1 aliphatic rings. The van der Waals surface area contributed by atoms with E-state index in [1.54, 1.807) is 0 Å². The third-order valence-electron chi connectivity index (χ3n) is 3.45. The quantitative estimate of drug-likeness (QED) is 0.875. The van der Waals surface area contributed by atoms with Crippen LogP contribution in [0.2, 0.25) is 0 Å². The van der Waals surface area contributed by atoms with Gasteiger partial charge in [-0.05, 0) is 39.0 Å². The Morgan fingerprint density at radius 3 is 2.52 bits per heavy atom. The average molecular weight is 287 g/mol. The molecule has 1 aliphatic heterocycles. The molecule has 0 saturated heterocycles. The first-order valence-electron chi connectivity index (χ1n) is 7.21. The first-order valence-corrected chi connectivity index (χ1v) is 7.21. The average Bonchev–Trinajstić information content (AvgIpc) is 2.68. The maximum absolute atomic E-state index is 6.12. The minimum absolute atomic E-state index is 0.0995. The molecule has 0 spiro atoms. The number of hydrogen-bond donors (Lipinski definition) is 1. The van der Waals surface area contributed by atoms with E-state index < -0.39 is 0 Å². The lowest BCUT2D eigenvalue weighted by molar-refractivity contribution is 0.297. The number of nitrogen functional groups attached to an aromatic ring is 1. The Labute approximate surface area is 124 Å². The minimum atomic E-state index is -0.0995. The van der Waals surface area contributed by atoms with Crippen molar-refractivity contribution in [1.29, 1.82) is 0 Å². The van der Waals surface area contributed by atoms with Crippen molar-refractivity contribution in [1.82, 2.24) is 9.78 Å². The molecule has 5 nitrogen and oxygen atoms in total. The highest BCUT2D eigenvalue weighted by Gasteiger charge is 2.19. The third kappa shape index (κ3) is 2.68. The largest absolute Gasteiger partial charge is 0.490 e. The Hall–Kier alpha value is -2.17. The number of hydrogen-bond acceptors (Lipinski definition) is 4. The fraction of sp³-hybridized carbons (Fsp3) is 0.438. The number of anilines is 1. The lowest BCUT2D eigenvalue weighted by Crippen LogP contribution is -2.22. The summed E-state index contributed by atoms with van der Waals surface area (Å²) in [7, 11) is 0. The van der Waals surface area contributed by atoms with Crippen LogP contribution in [-0.4, -0.2) is 23.0 Å². The van der Waals surface area contributed by atoms with Crippen LogP contribution in [0.15, 0.2) is 24.4 Å². The fourth-order valence-corrected chi connectivity index (χ4v) is 2.27. The first kappa shape index (κ1) is 13.8. The van der Waals surface area contributed by atoms with E-state index in [9.17, 15) is 0 Å². The van der Waals surface area contributed by atoms with Gasteiger partial charge >= 0.3 is 0 Å². The van der Waals surface area contributed by atoms with Crippen molar-refractivity contribution in [3.8, 4) is 22.8 Å². The molecule has 5 heteroatoms. The zero-order valence-corrected chi connectivity index (χ0v) is 12.7. The molecule has 2 N–H and O–H groups in total. The van der Waals surface area contributed by atoms with E-state index >= 15 is 0 Å². The second-order valence-corrected chi connectivity index (χ2v) is 6.26. The summed E-state index contributed by atoms with van der Waals surface area (Å²) in [5.41, 5.74) is 8.41. The van der Waals surface area contributed by atoms with Gasteiger partial charge in [0.1, 0.15) is 5.69 Å². The van der Waals surface area contributed by atoms with Crippen molar-refractivity contribution >= 4 is 5.69 Å². The van der Waals surface area contributed by atoms with Crippen LogP contribution in [0.4, 0.5) is 5.69 Å². The van der Waals surface area contributed by atoms with Crippen molar-refractivity contribution in [2.45, 2.75) is 32.7 Å². The van der Waals surface area contributed by atoms with E-state index in [0.717, 1.165) is 29.2 Å². The van der Waals surface area contributed by atoms with Crippen LogP contribution >= 0.6 is 0 Å². The van der Waals surface area contributed by atoms with E-state index in [0.29, 0.717) is 18.9 Å². The Morgan fingerprint density at radius 1 is 1.14 bits per heavy atom. The van der Waals surface area contributed by atoms with Gasteiger partial charge in [-0.1, -0.05) is 0 Å². The highest BCUT2D eigenvalue weighted by molar-refractivity contribution is 5.74. The summed E-state index contributed by atoms with van der Waals surface area (Å²) in [5, 5.41) is 4.62. The van der Waals surface area contributed by atoms with Gasteiger partial charge in [-0.25, -0.2) is 0 Å². The van der Waals surface area contributed by atoms with Crippen LogP contribution in [0, 0.1) is 0 Å². The molecule has 112 valence electrons. The molecular weight excluding hydrogens is 266 g/mol. The molecule has 0 aliphatic carbocycles. The monoisotopic (exact) mass is 287 g/mol. The Kier molecular flexibility index (Phi) is 3.27. The van der Waals surface area contributed by atoms with E-state index in [1.165, 1.54) is 0 Å². The number of rotatable bonds is 1. The van der Waals surface area contributed by atoms with Gasteiger partial charge in [0, 0.05) is 18.2 Å². The van der Waals surface area contributed by atoms with Crippen LogP contribution in [0.3, 0.4) is 0 Å². The second kappa shape index (κ2) is 4.98. The van der Waals surface area contributed by atoms with E-state index in [4.69, 9.17) is 15.2 Å². The number of benzene rings is 1. The standard InChI is InChI=1S/C16H21N3O2/c1-16(2,3)19-10-12(17)15(18-19)11-5-6-13-14(9-11)21-8-4-7-20-13/h5-6,9-10H,4,7-8,17H2,1-3H3. The Balaban J connectivity index is 2.01. The van der Waals surface area contributed by atoms with Gasteiger partial charge in [-0.3, -0.25) is 4.68 Å². The molecule has 0 radical (unpaired) electrons. The number of fused-ring (bicyclic) bond motifs is 1. The van der Waals surface area contributed by atoms with Gasteiger partial charge in [-0.2, -0.15) is 5.10 Å². The first-order chi connectivity index (χ1) is 9.95. The van der Waals surface area contributed by atoms with Crippen molar-refractivity contribution in [2.75, 3.05) is 18.9 Å². The molecule has 0 amide bonds. The SMILES string of the molecule is CC(C)(C)n1cc(N)c(-c2ccc3c(c2)OCCCO3)n1. The van der Waals surface area contributed by atoms with Crippen LogP contribution in [0.25, 0.3) is 11.3 Å². The maximum atomic E-state index is 6.12. The predicted molar refractivity (Wildman–Crippen MR) is 82.7 cm³/mol. The minimum Gasteiger partial charge on any atom is -0.490 e. The third-order valence-corrected chi connectivity index (χ3v) is 3.45. The van der Waals surface area contributed by atoms with Gasteiger partial charge in [0.05, 0.1) is 24.4 Å². The van der Waals surface area contributed by atoms with Crippen molar-refractivity contribution < 1.29 is 9.47 Å². The highest BCUT2D eigenvalue weighted by atomic mass is 16.5. The predicted octanol–water partition coefficient (Wildman–Crippen LogP) is 3.05. The van der Waals surface area contributed by atoms with Gasteiger partial charge in [0.2, 0.25) is 0 Å². The Morgan fingerprint density at radius 2 is 1.86 bits per heavy atom. The second-order valence-electron chi connectivity index (χ2n) is 6.26. The maximum Gasteiger partial charge on any atom is 0.161 e. The topological polar surface area (TPSA) is 62.3 Å². The zero-order chi connectivity index (χ0) is 15.0. The summed E-state index contributed by atoms with van der Waals surface area (Å²) >= 11 is 0. The summed E-state index contributed by atoms with van der Waals surface area (Å²) in [4.78, 5) is 0. The summed E-state index contributed by atoms with van der Waals surface area (Å²) in [5.74, 6) is 1.54. The van der Waals surface area contributed by atoms with Crippen LogP contribution < -0.4 is 15.2 Å². The smallest absolute Gasteiger partial charge is 0.161 e. The van der Waals surface area contributed by atoms with Crippen LogP contribution in [0.1, 0.15) is 27.2 Å². The molecule has 2 heterocycles. The lowest BCUT2D eigenvalue weighted by atomic mass is 10.1. The fourth-order valence-electron chi connectivity index (χ4n) is 2.27. The Bertz CT molecular complexity index is 656. The molecule has 1 aromatic carbocycles. The molecular formula is C16H21N3O2. The molecule has 2 aromatic rings. The number of aromatic nitrogens is 2. The summed E-state index contributed by atoms with van der Waals surface area (Å²) in [6.07, 6.45) is 2.77. The van der Waals surface area contributed by atoms with Crippen LogP contribution in [0.5, 0.6) is 11.5 Å². The molecule has 3 rings (SSSR count). The van der Waals surface area contributed by atoms with Crippen LogP contribution in [-0.2, 0) is 5.54 Å². The molecule has 0 saturated carbocycles. The van der Waals surface area contributed by atoms with E-state index in [2.05, 4.69) is 25.9 Å². The molecule has 0 fully saturated rings. The molecule has 0 unspecified atom stereocenters. The molecule has 0 bridgehead atoms. The number of ether oxygens (including phenoxy) is 2. The van der Waals surface area contributed by atoms with Gasteiger partial charge in [-0.15, -0.1) is 0 Å². The summed E-state index contributed by atoms with van der Waals surface area (Å²) in [6.45, 7) is 7.64. The number of nitrogens with zero attached hydrogens (tertiary/aromatic N) is 2. The number of nitrogens with two attached hydrogens (primary N) is 1. The van der Waals surface area contributed by atoms with E-state index in [1.807, 2.05) is 29.1 Å².